The van der Waals surface area contributed by atoms with Crippen molar-refractivity contribution >= 4 is 44.3 Å². The normalized spacial score (nSPS) is 11.0. The second-order valence-corrected chi connectivity index (χ2v) is 4.30. The topological polar surface area (TPSA) is 63.1 Å². The predicted octanol–water partition coefficient (Wildman–Crippen LogP) is 1.09. The van der Waals surface area contributed by atoms with Crippen LogP contribution in [0.1, 0.15) is 5.69 Å². The number of halogens is 2. The van der Waals surface area contributed by atoms with Crippen LogP contribution in [0.5, 0.6) is 0 Å². The zero-order valence-electron chi connectivity index (χ0n) is 6.51. The van der Waals surface area contributed by atoms with E-state index in [9.17, 15) is 4.79 Å². The lowest BCUT2D eigenvalue weighted by Gasteiger charge is -1.95. The van der Waals surface area contributed by atoms with Crippen LogP contribution >= 0.6 is 38.5 Å². The van der Waals surface area contributed by atoms with Gasteiger partial charge >= 0.3 is 0 Å². The van der Waals surface area contributed by atoms with Crippen molar-refractivity contribution in [2.45, 2.75) is 6.92 Å². The van der Waals surface area contributed by atoms with E-state index in [4.69, 9.17) is 0 Å². The number of aryl methyl sites for hydroxylation is 1. The molecule has 2 aromatic rings. The third-order valence-corrected chi connectivity index (χ3v) is 3.18. The monoisotopic (exact) mass is 354 g/mol. The first-order chi connectivity index (χ1) is 6.09. The minimum atomic E-state index is -0.124. The molecular weight excluding hydrogens is 351 g/mol. The Morgan fingerprint density at radius 1 is 1.54 bits per heavy atom. The minimum Gasteiger partial charge on any atom is -0.266 e. The summed E-state index contributed by atoms with van der Waals surface area (Å²) in [4.78, 5) is 19.7. The molecule has 2 rings (SSSR count). The van der Waals surface area contributed by atoms with Gasteiger partial charge in [0, 0.05) is 0 Å². The van der Waals surface area contributed by atoms with Crippen LogP contribution in [-0.2, 0) is 0 Å². The number of aromatic nitrogens is 4. The van der Waals surface area contributed by atoms with Gasteiger partial charge in [-0.05, 0) is 45.4 Å². The van der Waals surface area contributed by atoms with Crippen LogP contribution in [0.15, 0.2) is 9.53 Å². The Labute approximate surface area is 94.8 Å². The van der Waals surface area contributed by atoms with Gasteiger partial charge in [-0.15, -0.1) is 0 Å². The number of nitrogens with one attached hydrogen (secondary N) is 1. The maximum atomic E-state index is 11.6. The summed E-state index contributed by atoms with van der Waals surface area (Å²) in [6, 6.07) is 0. The highest BCUT2D eigenvalue weighted by Gasteiger charge is 2.09. The smallest absolute Gasteiger partial charge is 0.266 e. The van der Waals surface area contributed by atoms with E-state index >= 15 is 0 Å². The van der Waals surface area contributed by atoms with Crippen molar-refractivity contribution in [3.05, 3.63) is 24.4 Å². The van der Waals surface area contributed by atoms with E-state index in [0.29, 0.717) is 19.8 Å². The van der Waals surface area contributed by atoms with E-state index in [1.54, 1.807) is 6.92 Å². The van der Waals surface area contributed by atoms with Gasteiger partial charge in [0.2, 0.25) is 0 Å². The Bertz CT molecular complexity index is 531. The van der Waals surface area contributed by atoms with Crippen LogP contribution < -0.4 is 5.56 Å². The first-order valence-corrected chi connectivity index (χ1v) is 5.27. The molecule has 0 saturated heterocycles. The molecule has 0 saturated carbocycles. The quantitative estimate of drug-likeness (QED) is 0.720. The fourth-order valence-corrected chi connectivity index (χ4v) is 1.67. The Morgan fingerprint density at radius 3 is 2.92 bits per heavy atom. The molecule has 5 nitrogen and oxygen atoms in total. The highest BCUT2D eigenvalue weighted by molar-refractivity contribution is 14.1. The molecule has 1 N–H and O–H groups in total. The number of aromatic amines is 1. The molecule has 0 fully saturated rings. The van der Waals surface area contributed by atoms with Crippen LogP contribution in [0.3, 0.4) is 0 Å². The molecule has 0 unspecified atom stereocenters. The van der Waals surface area contributed by atoms with Crippen molar-refractivity contribution in [2.24, 2.45) is 0 Å². The molecule has 0 amide bonds. The molecule has 0 radical (unpaired) electrons. The van der Waals surface area contributed by atoms with E-state index in [0.717, 1.165) is 0 Å². The largest absolute Gasteiger partial charge is 0.287 e. The summed E-state index contributed by atoms with van der Waals surface area (Å²) in [5, 5.41) is 2.74. The minimum absolute atomic E-state index is 0.124. The van der Waals surface area contributed by atoms with Gasteiger partial charge in [0.25, 0.3) is 11.3 Å². The molecule has 0 aliphatic heterocycles. The van der Waals surface area contributed by atoms with Crippen LogP contribution in [0.25, 0.3) is 5.78 Å². The summed E-state index contributed by atoms with van der Waals surface area (Å²) < 4.78 is 2.41. The number of hydrogen-bond acceptors (Lipinski definition) is 3. The Hall–Kier alpha value is -0.440. The van der Waals surface area contributed by atoms with E-state index < -0.39 is 0 Å². The summed E-state index contributed by atoms with van der Waals surface area (Å²) in [7, 11) is 0. The molecule has 0 aliphatic rings. The average Bonchev–Trinajstić information content (AvgIpc) is 2.42. The second kappa shape index (κ2) is 3.05. The SMILES string of the molecule is Cc1nc2nc(Br)[nH]n2c(=O)c1I. The molecule has 68 valence electrons. The lowest BCUT2D eigenvalue weighted by atomic mass is 10.4. The number of hydrogen-bond donors (Lipinski definition) is 1. The Kier molecular flexibility index (Phi) is 2.14. The van der Waals surface area contributed by atoms with Crippen LogP contribution in [0.2, 0.25) is 0 Å². The first kappa shape index (κ1) is 9.13. The first-order valence-electron chi connectivity index (χ1n) is 3.40. The fraction of sp³-hybridized carbons (Fsp3) is 0.167. The van der Waals surface area contributed by atoms with Gasteiger partial charge in [-0.3, -0.25) is 9.89 Å². The van der Waals surface area contributed by atoms with Crippen LogP contribution in [-0.4, -0.2) is 19.6 Å². The van der Waals surface area contributed by atoms with Gasteiger partial charge in [0.15, 0.2) is 4.73 Å². The standard InChI is InChI=1S/C6H4BrIN4O/c1-2-3(8)4(13)12-6(9-2)10-5(7)11-12/h1H3,(H,9,10,11). The van der Waals surface area contributed by atoms with E-state index in [1.807, 2.05) is 22.6 Å². The lowest BCUT2D eigenvalue weighted by molar-refractivity contribution is 0.871. The molecule has 0 spiro atoms. The van der Waals surface area contributed by atoms with Gasteiger partial charge in [-0.25, -0.2) is 4.98 Å². The maximum absolute atomic E-state index is 11.6. The lowest BCUT2D eigenvalue weighted by Crippen LogP contribution is -2.19. The number of nitrogens with zero attached hydrogens (tertiary/aromatic N) is 3. The third kappa shape index (κ3) is 1.39. The molecule has 0 aromatic carbocycles. The van der Waals surface area contributed by atoms with Gasteiger partial charge in [-0.2, -0.15) is 9.50 Å². The average molecular weight is 355 g/mol. The summed E-state index contributed by atoms with van der Waals surface area (Å²) >= 11 is 5.11. The summed E-state index contributed by atoms with van der Waals surface area (Å²) in [5.41, 5.74) is 0.575. The zero-order valence-corrected chi connectivity index (χ0v) is 10.2. The Balaban J connectivity index is 3.01. The summed E-state index contributed by atoms with van der Waals surface area (Å²) in [5.74, 6) is 0.384. The van der Waals surface area contributed by atoms with Gasteiger partial charge in [0.05, 0.1) is 5.69 Å². The molecule has 2 heterocycles. The molecule has 0 aliphatic carbocycles. The van der Waals surface area contributed by atoms with Crippen LogP contribution in [0.4, 0.5) is 0 Å². The molecule has 7 heteroatoms. The van der Waals surface area contributed by atoms with Crippen molar-refractivity contribution in [3.8, 4) is 0 Å². The van der Waals surface area contributed by atoms with Gasteiger partial charge < -0.3 is 0 Å². The van der Waals surface area contributed by atoms with E-state index in [1.165, 1.54) is 4.52 Å². The van der Waals surface area contributed by atoms with Crippen molar-refractivity contribution in [2.75, 3.05) is 0 Å². The molecular formula is C6H4BrIN4O. The third-order valence-electron chi connectivity index (χ3n) is 1.58. The summed E-state index contributed by atoms with van der Waals surface area (Å²) in [6.07, 6.45) is 0. The van der Waals surface area contributed by atoms with Crippen molar-refractivity contribution in [1.82, 2.24) is 19.6 Å². The fourth-order valence-electron chi connectivity index (χ4n) is 0.974. The second-order valence-electron chi connectivity index (χ2n) is 2.47. The predicted molar refractivity (Wildman–Crippen MR) is 58.8 cm³/mol. The molecule has 2 aromatic heterocycles. The van der Waals surface area contributed by atoms with Gasteiger partial charge in [0.1, 0.15) is 3.57 Å². The Morgan fingerprint density at radius 2 is 2.23 bits per heavy atom. The van der Waals surface area contributed by atoms with Gasteiger partial charge in [-0.1, -0.05) is 0 Å². The number of fused-ring (bicyclic) bond motifs is 1. The zero-order chi connectivity index (χ0) is 9.59. The maximum Gasteiger partial charge on any atom is 0.287 e. The van der Waals surface area contributed by atoms with Crippen molar-refractivity contribution in [1.29, 1.82) is 0 Å². The van der Waals surface area contributed by atoms with Crippen molar-refractivity contribution in [3.63, 3.8) is 0 Å². The van der Waals surface area contributed by atoms with E-state index in [-0.39, 0.29) is 5.56 Å². The highest BCUT2D eigenvalue weighted by atomic mass is 127. The molecule has 0 bridgehead atoms. The van der Waals surface area contributed by atoms with E-state index in [2.05, 4.69) is 31.0 Å². The molecule has 0 atom stereocenters. The molecule has 13 heavy (non-hydrogen) atoms. The highest BCUT2D eigenvalue weighted by Crippen LogP contribution is 2.06. The van der Waals surface area contributed by atoms with Crippen LogP contribution in [0, 0.1) is 10.5 Å². The van der Waals surface area contributed by atoms with Crippen molar-refractivity contribution < 1.29 is 0 Å². The number of rotatable bonds is 0. The number of H-pyrrole nitrogens is 1. The summed E-state index contributed by atoms with van der Waals surface area (Å²) in [6.45, 7) is 1.78.